The van der Waals surface area contributed by atoms with E-state index in [9.17, 15) is 4.79 Å². The van der Waals surface area contributed by atoms with Gasteiger partial charge in [-0.3, -0.25) is 9.69 Å². The smallest absolute Gasteiger partial charge is 0.150 e. The van der Waals surface area contributed by atoms with E-state index in [4.69, 9.17) is 10.00 Å². The van der Waals surface area contributed by atoms with Gasteiger partial charge in [-0.05, 0) is 59.4 Å². The van der Waals surface area contributed by atoms with Crippen LogP contribution in [0.1, 0.15) is 43.7 Å². The third-order valence-corrected chi connectivity index (χ3v) is 5.84. The molecule has 0 unspecified atom stereocenters. The second kappa shape index (κ2) is 9.73. The standard InChI is InChI=1S/C26H26N4O2/c1-18-9-26(28-13-24(18)12-27)29-25-6-5-21-15-30(8-7-20(21)11-25)14-19-3-4-22(16-31)23(10-19)17-32-2/h3-6,9-11,13,16H,7-8,14-15,17H2,1-2H3,(H,28,29). The highest BCUT2D eigenvalue weighted by Gasteiger charge is 2.17. The molecule has 1 aliphatic rings. The highest BCUT2D eigenvalue weighted by molar-refractivity contribution is 5.77. The lowest BCUT2D eigenvalue weighted by molar-refractivity contribution is 0.111. The van der Waals surface area contributed by atoms with Gasteiger partial charge >= 0.3 is 0 Å². The van der Waals surface area contributed by atoms with Crippen LogP contribution in [0.25, 0.3) is 0 Å². The SMILES string of the molecule is COCc1cc(CN2CCc3cc(Nc4cc(C)c(C#N)cn4)ccc3C2)ccc1C=O. The predicted molar refractivity (Wildman–Crippen MR) is 124 cm³/mol. The molecular weight excluding hydrogens is 400 g/mol. The van der Waals surface area contributed by atoms with Gasteiger partial charge in [0.2, 0.25) is 0 Å². The molecule has 0 saturated carbocycles. The lowest BCUT2D eigenvalue weighted by atomic mass is 9.98. The molecule has 3 aromatic rings. The number of aldehydes is 1. The van der Waals surface area contributed by atoms with E-state index in [1.165, 1.54) is 16.7 Å². The minimum atomic E-state index is 0.439. The molecule has 6 nitrogen and oxygen atoms in total. The predicted octanol–water partition coefficient (Wildman–Crippen LogP) is 4.52. The van der Waals surface area contributed by atoms with Gasteiger partial charge in [0.05, 0.1) is 12.2 Å². The van der Waals surface area contributed by atoms with Crippen molar-refractivity contribution >= 4 is 17.8 Å². The molecule has 0 fully saturated rings. The molecule has 0 amide bonds. The second-order valence-electron chi connectivity index (χ2n) is 8.15. The van der Waals surface area contributed by atoms with Crippen molar-refractivity contribution in [3.05, 3.63) is 87.6 Å². The van der Waals surface area contributed by atoms with Crippen molar-refractivity contribution in [3.8, 4) is 6.07 Å². The summed E-state index contributed by atoms with van der Waals surface area (Å²) in [5.41, 5.74) is 7.98. The Kier molecular flexibility index (Phi) is 6.60. The van der Waals surface area contributed by atoms with Gasteiger partial charge in [-0.2, -0.15) is 5.26 Å². The monoisotopic (exact) mass is 426 g/mol. The van der Waals surface area contributed by atoms with Crippen molar-refractivity contribution in [3.63, 3.8) is 0 Å². The Balaban J connectivity index is 1.44. The fourth-order valence-corrected chi connectivity index (χ4v) is 4.12. The minimum Gasteiger partial charge on any atom is -0.380 e. The number of nitrogens with one attached hydrogen (secondary N) is 1. The average molecular weight is 427 g/mol. The van der Waals surface area contributed by atoms with Gasteiger partial charge in [-0.15, -0.1) is 0 Å². The van der Waals surface area contributed by atoms with Crippen LogP contribution in [0.3, 0.4) is 0 Å². The number of pyridine rings is 1. The minimum absolute atomic E-state index is 0.439. The zero-order valence-electron chi connectivity index (χ0n) is 18.4. The van der Waals surface area contributed by atoms with Crippen LogP contribution in [0.15, 0.2) is 48.7 Å². The number of ether oxygens (including phenoxy) is 1. The summed E-state index contributed by atoms with van der Waals surface area (Å²) in [7, 11) is 1.64. The van der Waals surface area contributed by atoms with Crippen LogP contribution in [0.2, 0.25) is 0 Å². The number of anilines is 2. The van der Waals surface area contributed by atoms with E-state index < -0.39 is 0 Å². The molecule has 0 spiro atoms. The zero-order valence-corrected chi connectivity index (χ0v) is 18.4. The molecule has 0 aliphatic carbocycles. The molecule has 32 heavy (non-hydrogen) atoms. The molecule has 162 valence electrons. The number of carbonyl (C=O) groups is 1. The Labute approximate surface area is 188 Å². The second-order valence-corrected chi connectivity index (χ2v) is 8.15. The summed E-state index contributed by atoms with van der Waals surface area (Å²) in [6, 6.07) is 16.5. The maximum absolute atomic E-state index is 11.2. The number of hydrogen-bond donors (Lipinski definition) is 1. The van der Waals surface area contributed by atoms with Crippen molar-refractivity contribution in [2.45, 2.75) is 33.0 Å². The first-order valence-corrected chi connectivity index (χ1v) is 10.6. The van der Waals surface area contributed by atoms with Gasteiger partial charge in [0.25, 0.3) is 0 Å². The van der Waals surface area contributed by atoms with Crippen molar-refractivity contribution < 1.29 is 9.53 Å². The fraction of sp³-hybridized carbons (Fsp3) is 0.269. The summed E-state index contributed by atoms with van der Waals surface area (Å²) in [6.45, 7) is 5.05. The van der Waals surface area contributed by atoms with Gasteiger partial charge in [0.1, 0.15) is 18.2 Å². The Morgan fingerprint density at radius 2 is 2.09 bits per heavy atom. The normalized spacial score (nSPS) is 13.3. The van der Waals surface area contributed by atoms with Crippen molar-refractivity contribution in [2.75, 3.05) is 19.0 Å². The quantitative estimate of drug-likeness (QED) is 0.560. The molecule has 4 rings (SSSR count). The van der Waals surface area contributed by atoms with Crippen LogP contribution in [0.4, 0.5) is 11.5 Å². The molecule has 0 saturated heterocycles. The average Bonchev–Trinajstić information content (AvgIpc) is 2.80. The van der Waals surface area contributed by atoms with E-state index in [2.05, 4.69) is 45.5 Å². The maximum atomic E-state index is 11.2. The number of rotatable bonds is 7. The van der Waals surface area contributed by atoms with Crippen molar-refractivity contribution in [1.29, 1.82) is 5.26 Å². The van der Waals surface area contributed by atoms with E-state index in [0.717, 1.165) is 55.0 Å². The lowest BCUT2D eigenvalue weighted by Gasteiger charge is -2.29. The van der Waals surface area contributed by atoms with Crippen LogP contribution in [-0.4, -0.2) is 29.8 Å². The topological polar surface area (TPSA) is 78.2 Å². The summed E-state index contributed by atoms with van der Waals surface area (Å²) < 4.78 is 5.24. The number of hydrogen-bond acceptors (Lipinski definition) is 6. The number of carbonyl (C=O) groups excluding carboxylic acids is 1. The Hall–Kier alpha value is -3.53. The van der Waals surface area contributed by atoms with E-state index >= 15 is 0 Å². The number of methoxy groups -OCH3 is 1. The maximum Gasteiger partial charge on any atom is 0.150 e. The Morgan fingerprint density at radius 3 is 2.84 bits per heavy atom. The number of benzene rings is 2. The van der Waals surface area contributed by atoms with Crippen LogP contribution in [-0.2, 0) is 30.9 Å². The Bertz CT molecular complexity index is 1180. The van der Waals surface area contributed by atoms with Gasteiger partial charge in [0, 0.05) is 44.2 Å². The molecule has 6 heteroatoms. The summed E-state index contributed by atoms with van der Waals surface area (Å²) in [5.74, 6) is 0.740. The summed E-state index contributed by atoms with van der Waals surface area (Å²) in [4.78, 5) is 18.0. The molecule has 0 bridgehead atoms. The number of nitriles is 1. The number of fused-ring (bicyclic) bond motifs is 1. The Morgan fingerprint density at radius 1 is 1.22 bits per heavy atom. The number of aromatic nitrogens is 1. The molecule has 0 radical (unpaired) electrons. The largest absolute Gasteiger partial charge is 0.380 e. The summed E-state index contributed by atoms with van der Waals surface area (Å²) >= 11 is 0. The van der Waals surface area contributed by atoms with E-state index in [1.807, 2.05) is 25.1 Å². The van der Waals surface area contributed by atoms with Crippen LogP contribution < -0.4 is 5.32 Å². The van der Waals surface area contributed by atoms with Crippen LogP contribution in [0.5, 0.6) is 0 Å². The van der Waals surface area contributed by atoms with E-state index in [-0.39, 0.29) is 0 Å². The molecule has 0 atom stereocenters. The third kappa shape index (κ3) is 4.86. The van der Waals surface area contributed by atoms with Gasteiger partial charge in [-0.25, -0.2) is 4.98 Å². The van der Waals surface area contributed by atoms with Gasteiger partial charge < -0.3 is 10.1 Å². The lowest BCUT2D eigenvalue weighted by Crippen LogP contribution is -2.30. The zero-order chi connectivity index (χ0) is 22.5. The van der Waals surface area contributed by atoms with Crippen molar-refractivity contribution in [1.82, 2.24) is 9.88 Å². The van der Waals surface area contributed by atoms with Crippen molar-refractivity contribution in [2.24, 2.45) is 0 Å². The molecule has 1 N–H and O–H groups in total. The van der Waals surface area contributed by atoms with E-state index in [1.54, 1.807) is 13.3 Å². The number of nitrogens with zero attached hydrogens (tertiary/aromatic N) is 3. The van der Waals surface area contributed by atoms with Crippen LogP contribution in [0, 0.1) is 18.3 Å². The highest BCUT2D eigenvalue weighted by Crippen LogP contribution is 2.26. The summed E-state index contributed by atoms with van der Waals surface area (Å²) in [6.07, 6.45) is 3.46. The highest BCUT2D eigenvalue weighted by atomic mass is 16.5. The molecule has 2 heterocycles. The molecular formula is C26H26N4O2. The third-order valence-electron chi connectivity index (χ3n) is 5.84. The van der Waals surface area contributed by atoms with Crippen LogP contribution >= 0.6 is 0 Å². The first-order valence-electron chi connectivity index (χ1n) is 10.6. The fourth-order valence-electron chi connectivity index (χ4n) is 4.12. The number of aryl methyl sites for hydroxylation is 1. The molecule has 2 aromatic carbocycles. The summed E-state index contributed by atoms with van der Waals surface area (Å²) in [5, 5.41) is 12.4. The molecule has 1 aromatic heterocycles. The van der Waals surface area contributed by atoms with E-state index in [0.29, 0.717) is 17.7 Å². The first-order chi connectivity index (χ1) is 15.6. The first kappa shape index (κ1) is 21.7. The van der Waals surface area contributed by atoms with Gasteiger partial charge in [0.15, 0.2) is 0 Å². The van der Waals surface area contributed by atoms with Gasteiger partial charge in [-0.1, -0.05) is 24.3 Å². The molecule has 1 aliphatic heterocycles.